The largest absolute Gasteiger partial charge is 0.488 e. The molecule has 0 fully saturated rings. The lowest BCUT2D eigenvalue weighted by atomic mass is 10.2. The van der Waals surface area contributed by atoms with Gasteiger partial charge in [-0.25, -0.2) is 0 Å². The van der Waals surface area contributed by atoms with Gasteiger partial charge in [-0.05, 0) is 32.4 Å². The average molecular weight is 269 g/mol. The molecule has 1 rings (SSSR count). The molecular formula is C13H19NO5. The van der Waals surface area contributed by atoms with Gasteiger partial charge >= 0.3 is 0 Å². The highest BCUT2D eigenvalue weighted by Crippen LogP contribution is 2.23. The zero-order valence-electron chi connectivity index (χ0n) is 11.4. The summed E-state index contributed by atoms with van der Waals surface area (Å²) in [5.74, 6) is 0.593. The Balaban J connectivity index is 2.63. The number of aryl methyl sites for hydroxylation is 1. The van der Waals surface area contributed by atoms with E-state index < -0.39 is 11.2 Å². The fourth-order valence-electron chi connectivity index (χ4n) is 1.58. The van der Waals surface area contributed by atoms with Crippen LogP contribution in [0.2, 0.25) is 0 Å². The summed E-state index contributed by atoms with van der Waals surface area (Å²) in [4.78, 5) is 10.2. The zero-order chi connectivity index (χ0) is 14.3. The Morgan fingerprint density at radius 3 is 2.37 bits per heavy atom. The van der Waals surface area contributed by atoms with Crippen LogP contribution in [0.5, 0.6) is 5.75 Å². The highest BCUT2D eigenvalue weighted by Gasteiger charge is 2.12. The van der Waals surface area contributed by atoms with E-state index in [-0.39, 0.29) is 12.3 Å². The molecule has 0 spiro atoms. The van der Waals surface area contributed by atoms with Crippen molar-refractivity contribution in [3.05, 3.63) is 33.9 Å². The van der Waals surface area contributed by atoms with E-state index in [0.717, 1.165) is 0 Å². The van der Waals surface area contributed by atoms with Crippen LogP contribution >= 0.6 is 0 Å². The molecule has 0 saturated carbocycles. The first-order valence-corrected chi connectivity index (χ1v) is 6.19. The zero-order valence-corrected chi connectivity index (χ0v) is 11.4. The first-order chi connectivity index (χ1) is 9.08. The van der Waals surface area contributed by atoms with Crippen LogP contribution < -0.4 is 4.74 Å². The van der Waals surface area contributed by atoms with E-state index in [0.29, 0.717) is 24.5 Å². The molecular weight excluding hydrogens is 250 g/mol. The van der Waals surface area contributed by atoms with Crippen LogP contribution in [0.15, 0.2) is 18.2 Å². The number of hydrogen-bond donors (Lipinski definition) is 0. The fourth-order valence-corrected chi connectivity index (χ4v) is 1.58. The lowest BCUT2D eigenvalue weighted by molar-refractivity contribution is -0.384. The van der Waals surface area contributed by atoms with Crippen LogP contribution in [-0.4, -0.2) is 31.0 Å². The highest BCUT2D eigenvalue weighted by atomic mass is 16.7. The standard InChI is InChI=1S/C13H19NO5/c1-4-17-13(18-5-2)9-19-12-7-6-11(14(15)16)8-10(12)3/h6-8,13H,4-5,9H2,1-3H3. The summed E-state index contributed by atoms with van der Waals surface area (Å²) in [6.07, 6.45) is -0.426. The first-order valence-electron chi connectivity index (χ1n) is 6.19. The van der Waals surface area contributed by atoms with Crippen molar-refractivity contribution in [2.75, 3.05) is 19.8 Å². The second-order valence-electron chi connectivity index (χ2n) is 3.86. The number of nitro benzene ring substituents is 1. The molecule has 106 valence electrons. The Morgan fingerprint density at radius 2 is 1.89 bits per heavy atom. The Morgan fingerprint density at radius 1 is 1.26 bits per heavy atom. The number of non-ortho nitro benzene ring substituents is 1. The molecule has 0 aliphatic rings. The minimum Gasteiger partial charge on any atom is -0.488 e. The maximum absolute atomic E-state index is 10.6. The molecule has 6 heteroatoms. The summed E-state index contributed by atoms with van der Waals surface area (Å²) >= 11 is 0. The number of ether oxygens (including phenoxy) is 3. The summed E-state index contributed by atoms with van der Waals surface area (Å²) < 4.78 is 16.3. The van der Waals surface area contributed by atoms with E-state index in [1.54, 1.807) is 13.0 Å². The summed E-state index contributed by atoms with van der Waals surface area (Å²) in [5, 5.41) is 10.6. The Labute approximate surface area is 112 Å². The number of rotatable bonds is 8. The smallest absolute Gasteiger partial charge is 0.269 e. The summed E-state index contributed by atoms with van der Waals surface area (Å²) in [5.41, 5.74) is 0.761. The van der Waals surface area contributed by atoms with E-state index in [1.165, 1.54) is 12.1 Å². The summed E-state index contributed by atoms with van der Waals surface area (Å²) in [6.45, 7) is 6.84. The second-order valence-corrected chi connectivity index (χ2v) is 3.86. The van der Waals surface area contributed by atoms with Crippen LogP contribution in [0.3, 0.4) is 0 Å². The predicted molar refractivity (Wildman–Crippen MR) is 70.4 cm³/mol. The average Bonchev–Trinajstić information content (AvgIpc) is 2.37. The minimum atomic E-state index is -0.431. The molecule has 0 atom stereocenters. The van der Waals surface area contributed by atoms with E-state index in [2.05, 4.69) is 0 Å². The molecule has 0 radical (unpaired) electrons. The molecule has 0 bridgehead atoms. The Hall–Kier alpha value is -1.66. The lowest BCUT2D eigenvalue weighted by Crippen LogP contribution is -2.25. The highest BCUT2D eigenvalue weighted by molar-refractivity contribution is 5.42. The van der Waals surface area contributed by atoms with Crippen molar-refractivity contribution in [2.45, 2.75) is 27.1 Å². The van der Waals surface area contributed by atoms with E-state index in [1.807, 2.05) is 13.8 Å². The third kappa shape index (κ3) is 4.84. The molecule has 0 aliphatic heterocycles. The van der Waals surface area contributed by atoms with Gasteiger partial charge in [-0.2, -0.15) is 0 Å². The molecule has 0 amide bonds. The number of nitro groups is 1. The first kappa shape index (κ1) is 15.4. The van der Waals surface area contributed by atoms with Gasteiger partial charge in [0, 0.05) is 25.3 Å². The fraction of sp³-hybridized carbons (Fsp3) is 0.538. The van der Waals surface area contributed by atoms with E-state index in [9.17, 15) is 10.1 Å². The van der Waals surface area contributed by atoms with Crippen LogP contribution in [0.4, 0.5) is 5.69 Å². The normalized spacial score (nSPS) is 10.7. The summed E-state index contributed by atoms with van der Waals surface area (Å²) in [7, 11) is 0. The molecule has 0 aromatic heterocycles. The van der Waals surface area contributed by atoms with Gasteiger partial charge in [-0.1, -0.05) is 0 Å². The SMILES string of the molecule is CCOC(COc1ccc([N+](=O)[O-])cc1C)OCC. The van der Waals surface area contributed by atoms with Crippen molar-refractivity contribution in [2.24, 2.45) is 0 Å². The van der Waals surface area contributed by atoms with Crippen LogP contribution in [0.1, 0.15) is 19.4 Å². The van der Waals surface area contributed by atoms with Crippen molar-refractivity contribution in [1.82, 2.24) is 0 Å². The second kappa shape index (κ2) is 7.70. The lowest BCUT2D eigenvalue weighted by Gasteiger charge is -2.18. The van der Waals surface area contributed by atoms with Crippen molar-refractivity contribution in [3.63, 3.8) is 0 Å². The van der Waals surface area contributed by atoms with Crippen LogP contribution in [0, 0.1) is 17.0 Å². The molecule has 0 N–H and O–H groups in total. The van der Waals surface area contributed by atoms with Gasteiger partial charge in [0.25, 0.3) is 5.69 Å². The van der Waals surface area contributed by atoms with E-state index >= 15 is 0 Å². The quantitative estimate of drug-likeness (QED) is 0.412. The minimum absolute atomic E-state index is 0.0519. The van der Waals surface area contributed by atoms with Gasteiger partial charge in [0.15, 0.2) is 6.29 Å². The van der Waals surface area contributed by atoms with Gasteiger partial charge < -0.3 is 14.2 Å². The molecule has 0 aliphatic carbocycles. The van der Waals surface area contributed by atoms with Crippen molar-refractivity contribution in [3.8, 4) is 5.75 Å². The van der Waals surface area contributed by atoms with Gasteiger partial charge in [0.2, 0.25) is 0 Å². The molecule has 0 unspecified atom stereocenters. The third-order valence-corrected chi connectivity index (χ3v) is 2.45. The predicted octanol–water partition coefficient (Wildman–Crippen LogP) is 2.68. The van der Waals surface area contributed by atoms with Crippen molar-refractivity contribution < 1.29 is 19.1 Å². The van der Waals surface area contributed by atoms with Gasteiger partial charge in [0.1, 0.15) is 12.4 Å². The maximum atomic E-state index is 10.6. The molecule has 1 aromatic rings. The number of nitrogens with zero attached hydrogens (tertiary/aromatic N) is 1. The van der Waals surface area contributed by atoms with Gasteiger partial charge in [-0.3, -0.25) is 10.1 Å². The number of benzene rings is 1. The van der Waals surface area contributed by atoms with Gasteiger partial charge in [-0.15, -0.1) is 0 Å². The van der Waals surface area contributed by atoms with Gasteiger partial charge in [0.05, 0.1) is 4.92 Å². The Bertz CT molecular complexity index is 415. The topological polar surface area (TPSA) is 70.8 Å². The molecule has 0 saturated heterocycles. The maximum Gasteiger partial charge on any atom is 0.269 e. The molecule has 1 aromatic carbocycles. The molecule has 6 nitrogen and oxygen atoms in total. The van der Waals surface area contributed by atoms with Crippen molar-refractivity contribution >= 4 is 5.69 Å². The molecule has 0 heterocycles. The van der Waals surface area contributed by atoms with Crippen LogP contribution in [-0.2, 0) is 9.47 Å². The van der Waals surface area contributed by atoms with E-state index in [4.69, 9.17) is 14.2 Å². The molecule has 19 heavy (non-hydrogen) atoms. The third-order valence-electron chi connectivity index (χ3n) is 2.45. The van der Waals surface area contributed by atoms with Crippen LogP contribution in [0.25, 0.3) is 0 Å². The van der Waals surface area contributed by atoms with Crippen molar-refractivity contribution in [1.29, 1.82) is 0 Å². The monoisotopic (exact) mass is 269 g/mol. The Kier molecular flexibility index (Phi) is 6.24. The number of hydrogen-bond acceptors (Lipinski definition) is 5. The summed E-state index contributed by atoms with van der Waals surface area (Å²) in [6, 6.07) is 4.48.